The first-order valence-electron chi connectivity index (χ1n) is 26.1. The maximum atomic E-state index is 15.0. The van der Waals surface area contributed by atoms with Crippen LogP contribution in [0.25, 0.3) is 115 Å². The Balaban J connectivity index is 1.26. The van der Waals surface area contributed by atoms with Crippen LogP contribution in [-0.4, -0.2) is 9.13 Å². The molecule has 0 spiro atoms. The summed E-state index contributed by atoms with van der Waals surface area (Å²) < 4.78 is 49.4. The SMILES string of the molecule is [C-]#[N+]c1cc(-c2ccc(-n3c4cc(-c5ccc(C)cc5C)ccc4c4ccc(-c5ccc(C)cc5C)cc43)c(C#N)c2-n2c3cc(-c4ccc(C)cc4C)ccc3c3ccc(-c4ccc(C)cc4C)cc32)cc(C(F)(F)F)c1. The van der Waals surface area contributed by atoms with Crippen LogP contribution in [0.5, 0.6) is 0 Å². The van der Waals surface area contributed by atoms with E-state index >= 15 is 13.2 Å². The summed E-state index contributed by atoms with van der Waals surface area (Å²) in [7, 11) is 0. The average molecular weight is 1020 g/mol. The van der Waals surface area contributed by atoms with Gasteiger partial charge < -0.3 is 9.13 Å². The number of hydrogen-bond acceptors (Lipinski definition) is 1. The third-order valence-electron chi connectivity index (χ3n) is 15.7. The maximum absolute atomic E-state index is 15.0. The minimum absolute atomic E-state index is 0.162. The minimum atomic E-state index is -4.76. The lowest BCUT2D eigenvalue weighted by Crippen LogP contribution is -2.08. The van der Waals surface area contributed by atoms with Crippen LogP contribution in [0.15, 0.2) is 176 Å². The summed E-state index contributed by atoms with van der Waals surface area (Å²) in [5.74, 6) is 0. The summed E-state index contributed by atoms with van der Waals surface area (Å²) >= 11 is 0. The molecule has 7 heteroatoms. The Morgan fingerprint density at radius 1 is 0.397 bits per heavy atom. The standard InChI is InChI=1S/C71H53F3N4/c1-40-10-18-55(44(5)28-40)48-14-22-60-61-23-15-49(56-19-11-41(2)29-45(56)6)35-67(61)77(66(60)34-48)65-27-26-59(52-32-53(71(72,73)74)38-54(33-52)76-9)70(64(65)39-75)78-68-36-50(57-20-12-42(3)30-46(57)7)16-24-62(68)63-25-17-51(37-69(63)78)58-21-13-43(4)31-47(58)8/h10-38H,1-8H3. The predicted octanol–water partition coefficient (Wildman–Crippen LogP) is 20.1. The Kier molecular flexibility index (Phi) is 11.8. The number of aryl methyl sites for hydroxylation is 8. The highest BCUT2D eigenvalue weighted by Gasteiger charge is 2.32. The summed E-state index contributed by atoms with van der Waals surface area (Å²) in [6, 6.07) is 61.4. The van der Waals surface area contributed by atoms with Crippen LogP contribution in [-0.2, 0) is 6.18 Å². The van der Waals surface area contributed by atoms with Crippen LogP contribution < -0.4 is 0 Å². The van der Waals surface area contributed by atoms with Gasteiger partial charge in [-0.1, -0.05) is 150 Å². The Morgan fingerprint density at radius 2 is 0.756 bits per heavy atom. The van der Waals surface area contributed by atoms with Gasteiger partial charge in [-0.05, 0) is 176 Å². The lowest BCUT2D eigenvalue weighted by Gasteiger charge is -2.21. The third kappa shape index (κ3) is 8.31. The lowest BCUT2D eigenvalue weighted by atomic mass is 9.95. The number of nitriles is 1. The molecule has 0 saturated heterocycles. The van der Waals surface area contributed by atoms with Crippen LogP contribution in [0, 0.1) is 73.3 Å². The smallest absolute Gasteiger partial charge is 0.308 e. The third-order valence-corrected chi connectivity index (χ3v) is 15.7. The number of nitrogens with zero attached hydrogens (tertiary/aromatic N) is 4. The van der Waals surface area contributed by atoms with Gasteiger partial charge in [0.05, 0.1) is 40.0 Å². The molecule has 0 unspecified atom stereocenters. The van der Waals surface area contributed by atoms with E-state index in [0.29, 0.717) is 16.9 Å². The molecule has 4 nitrogen and oxygen atoms in total. The van der Waals surface area contributed by atoms with E-state index in [2.05, 4.69) is 221 Å². The van der Waals surface area contributed by atoms with Gasteiger partial charge in [0.15, 0.2) is 5.69 Å². The molecule has 0 saturated carbocycles. The van der Waals surface area contributed by atoms with E-state index in [-0.39, 0.29) is 16.8 Å². The van der Waals surface area contributed by atoms with Gasteiger partial charge in [-0.2, -0.15) is 18.4 Å². The van der Waals surface area contributed by atoms with Gasteiger partial charge in [-0.15, -0.1) is 0 Å². The lowest BCUT2D eigenvalue weighted by molar-refractivity contribution is -0.137. The van der Waals surface area contributed by atoms with Crippen molar-refractivity contribution < 1.29 is 13.2 Å². The van der Waals surface area contributed by atoms with Crippen LogP contribution in [0.2, 0.25) is 0 Å². The van der Waals surface area contributed by atoms with Crippen LogP contribution in [0.4, 0.5) is 18.9 Å². The van der Waals surface area contributed by atoms with Crippen LogP contribution >= 0.6 is 0 Å². The second-order valence-corrected chi connectivity index (χ2v) is 21.2. The zero-order valence-electron chi connectivity index (χ0n) is 44.7. The van der Waals surface area contributed by atoms with Crippen molar-refractivity contribution in [2.45, 2.75) is 61.6 Å². The molecule has 0 bridgehead atoms. The molecule has 0 aliphatic rings. The molecule has 0 N–H and O–H groups in total. The molecule has 0 amide bonds. The van der Waals surface area contributed by atoms with Crippen molar-refractivity contribution in [3.05, 3.63) is 243 Å². The van der Waals surface area contributed by atoms with E-state index < -0.39 is 11.7 Å². The van der Waals surface area contributed by atoms with Crippen molar-refractivity contribution in [2.75, 3.05) is 0 Å². The Morgan fingerprint density at radius 3 is 1.09 bits per heavy atom. The molecule has 2 heterocycles. The predicted molar refractivity (Wildman–Crippen MR) is 316 cm³/mol. The molecule has 10 aromatic carbocycles. The molecule has 0 aliphatic heterocycles. The van der Waals surface area contributed by atoms with Crippen molar-refractivity contribution in [1.82, 2.24) is 9.13 Å². The Bertz CT molecular complexity index is 4390. The van der Waals surface area contributed by atoms with Gasteiger partial charge in [-0.3, -0.25) is 0 Å². The van der Waals surface area contributed by atoms with E-state index in [1.165, 1.54) is 6.07 Å². The number of hydrogen-bond donors (Lipinski definition) is 0. The van der Waals surface area contributed by atoms with E-state index in [1.54, 1.807) is 0 Å². The monoisotopic (exact) mass is 1020 g/mol. The van der Waals surface area contributed by atoms with E-state index in [9.17, 15) is 5.26 Å². The van der Waals surface area contributed by atoms with E-state index in [4.69, 9.17) is 6.57 Å². The molecular formula is C71H53F3N4. The summed E-state index contributed by atoms with van der Waals surface area (Å²) in [5.41, 5.74) is 21.1. The molecular weight excluding hydrogens is 966 g/mol. The summed E-state index contributed by atoms with van der Waals surface area (Å²) in [6.45, 7) is 24.8. The van der Waals surface area contributed by atoms with Crippen molar-refractivity contribution in [3.63, 3.8) is 0 Å². The molecule has 12 aromatic rings. The normalized spacial score (nSPS) is 11.8. The number of alkyl halides is 3. The number of halogens is 3. The average Bonchev–Trinajstić information content (AvgIpc) is 4.03. The van der Waals surface area contributed by atoms with Crippen LogP contribution in [0.3, 0.4) is 0 Å². The highest BCUT2D eigenvalue weighted by atomic mass is 19.4. The molecule has 378 valence electrons. The number of fused-ring (bicyclic) bond motifs is 6. The first kappa shape index (κ1) is 49.4. The summed E-state index contributed by atoms with van der Waals surface area (Å²) in [6.07, 6.45) is -4.76. The van der Waals surface area contributed by atoms with Crippen molar-refractivity contribution >= 4 is 49.3 Å². The molecule has 0 atom stereocenters. The van der Waals surface area contributed by atoms with Gasteiger partial charge in [0.2, 0.25) is 0 Å². The van der Waals surface area contributed by atoms with Crippen LogP contribution in [0.1, 0.15) is 55.6 Å². The Labute approximate surface area is 452 Å². The van der Waals surface area contributed by atoms with Gasteiger partial charge in [-0.25, -0.2) is 4.85 Å². The summed E-state index contributed by atoms with van der Waals surface area (Å²) in [4.78, 5) is 3.57. The van der Waals surface area contributed by atoms with Crippen molar-refractivity contribution in [3.8, 4) is 73.1 Å². The molecule has 0 radical (unpaired) electrons. The minimum Gasteiger partial charge on any atom is -0.308 e. The van der Waals surface area contributed by atoms with Gasteiger partial charge in [0.25, 0.3) is 0 Å². The fraction of sp³-hybridized carbons (Fsp3) is 0.127. The number of rotatable bonds is 7. The molecule has 0 aliphatic carbocycles. The first-order chi connectivity index (χ1) is 37.5. The number of benzene rings is 10. The zero-order valence-corrected chi connectivity index (χ0v) is 44.7. The molecule has 12 rings (SSSR count). The quantitative estimate of drug-likeness (QED) is 0.147. The van der Waals surface area contributed by atoms with E-state index in [0.717, 1.165) is 145 Å². The largest absolute Gasteiger partial charge is 0.415 e. The summed E-state index contributed by atoms with van der Waals surface area (Å²) in [5, 5.41) is 16.0. The van der Waals surface area contributed by atoms with Gasteiger partial charge in [0, 0.05) is 32.7 Å². The van der Waals surface area contributed by atoms with E-state index in [1.807, 2.05) is 12.1 Å². The highest BCUT2D eigenvalue weighted by Crippen LogP contribution is 2.47. The van der Waals surface area contributed by atoms with Crippen molar-refractivity contribution in [1.29, 1.82) is 5.26 Å². The molecule has 2 aromatic heterocycles. The fourth-order valence-corrected chi connectivity index (χ4v) is 12.1. The fourth-order valence-electron chi connectivity index (χ4n) is 12.1. The second kappa shape index (κ2) is 18.7. The topological polar surface area (TPSA) is 38.0 Å². The van der Waals surface area contributed by atoms with Gasteiger partial charge in [0.1, 0.15) is 11.6 Å². The number of aromatic nitrogens is 2. The second-order valence-electron chi connectivity index (χ2n) is 21.2. The molecule has 78 heavy (non-hydrogen) atoms. The maximum Gasteiger partial charge on any atom is 0.415 e. The highest BCUT2D eigenvalue weighted by molar-refractivity contribution is 6.14. The zero-order chi connectivity index (χ0) is 54.5. The molecule has 0 fully saturated rings. The Hall–Kier alpha value is -9.43. The van der Waals surface area contributed by atoms with Crippen molar-refractivity contribution in [2.24, 2.45) is 0 Å². The first-order valence-corrected chi connectivity index (χ1v) is 26.1. The van der Waals surface area contributed by atoms with Gasteiger partial charge >= 0.3 is 6.18 Å².